The molecule has 0 bridgehead atoms. The Labute approximate surface area is 91.1 Å². The largest absolute Gasteiger partial charge is 0.382 e. The van der Waals surface area contributed by atoms with Gasteiger partial charge in [-0.2, -0.15) is 5.10 Å². The number of anilines is 1. The number of nitrogen functional groups attached to an aromatic ring is 1. The van der Waals surface area contributed by atoms with Gasteiger partial charge in [-0.15, -0.1) is 0 Å². The van der Waals surface area contributed by atoms with Gasteiger partial charge in [-0.3, -0.25) is 5.10 Å². The van der Waals surface area contributed by atoms with Crippen LogP contribution in [0, 0.1) is 12.7 Å². The first kappa shape index (κ1) is 9.98. The summed E-state index contributed by atoms with van der Waals surface area (Å²) in [5, 5.41) is 6.88. The molecule has 0 aliphatic rings. The highest BCUT2D eigenvalue weighted by Crippen LogP contribution is 2.29. The van der Waals surface area contributed by atoms with Crippen molar-refractivity contribution in [3.05, 3.63) is 34.6 Å². The number of nitrogens with one attached hydrogen (secondary N) is 1. The van der Waals surface area contributed by atoms with Crippen molar-refractivity contribution < 1.29 is 4.39 Å². The minimum absolute atomic E-state index is 0.366. The van der Waals surface area contributed by atoms with E-state index in [1.54, 1.807) is 6.07 Å². The number of aromatic amines is 1. The highest BCUT2D eigenvalue weighted by atomic mass is 35.5. The van der Waals surface area contributed by atoms with Crippen LogP contribution < -0.4 is 5.73 Å². The smallest absolute Gasteiger partial charge is 0.145 e. The molecule has 0 unspecified atom stereocenters. The molecule has 2 aromatic rings. The summed E-state index contributed by atoms with van der Waals surface area (Å²) in [6.45, 7) is 1.81. The van der Waals surface area contributed by atoms with E-state index in [1.165, 1.54) is 12.1 Å². The molecule has 5 heteroatoms. The second-order valence-electron chi connectivity index (χ2n) is 3.27. The molecule has 0 amide bonds. The lowest BCUT2D eigenvalue weighted by molar-refractivity contribution is 0.628. The molecule has 0 saturated carbocycles. The summed E-state index contributed by atoms with van der Waals surface area (Å²) in [4.78, 5) is 0. The molecule has 15 heavy (non-hydrogen) atoms. The molecule has 3 nitrogen and oxygen atoms in total. The van der Waals surface area contributed by atoms with Crippen molar-refractivity contribution in [3.63, 3.8) is 0 Å². The van der Waals surface area contributed by atoms with Crippen LogP contribution in [0.1, 0.15) is 5.56 Å². The molecule has 0 aliphatic heterocycles. The predicted molar refractivity (Wildman–Crippen MR) is 58.1 cm³/mol. The fourth-order valence-corrected chi connectivity index (χ4v) is 1.61. The maximum Gasteiger partial charge on any atom is 0.145 e. The van der Waals surface area contributed by atoms with Crippen LogP contribution in [0.25, 0.3) is 11.3 Å². The molecular weight excluding hydrogens is 217 g/mol. The third kappa shape index (κ3) is 1.80. The quantitative estimate of drug-likeness (QED) is 0.784. The lowest BCUT2D eigenvalue weighted by Crippen LogP contribution is -1.87. The number of benzene rings is 1. The standard InChI is InChI=1S/C10H9ClFN3/c1-5-7(2-6(12)3-8(5)11)9-4-10(13)15-14-9/h2-4H,1H3,(H3,13,14,15). The van der Waals surface area contributed by atoms with E-state index >= 15 is 0 Å². The van der Waals surface area contributed by atoms with Crippen molar-refractivity contribution in [1.29, 1.82) is 0 Å². The van der Waals surface area contributed by atoms with E-state index in [4.69, 9.17) is 17.3 Å². The van der Waals surface area contributed by atoms with Crippen LogP contribution in [-0.4, -0.2) is 10.2 Å². The summed E-state index contributed by atoms with van der Waals surface area (Å²) in [7, 11) is 0. The van der Waals surface area contributed by atoms with Gasteiger partial charge in [0.1, 0.15) is 11.6 Å². The molecule has 3 N–H and O–H groups in total. The summed E-state index contributed by atoms with van der Waals surface area (Å²) in [5.41, 5.74) is 7.60. The average Bonchev–Trinajstić information content (AvgIpc) is 2.58. The van der Waals surface area contributed by atoms with Crippen LogP contribution in [0.15, 0.2) is 18.2 Å². The van der Waals surface area contributed by atoms with Gasteiger partial charge in [0.05, 0.1) is 5.69 Å². The summed E-state index contributed by atoms with van der Waals surface area (Å²) >= 11 is 5.87. The topological polar surface area (TPSA) is 54.7 Å². The molecule has 0 radical (unpaired) electrons. The Balaban J connectivity index is 2.62. The number of hydrogen-bond donors (Lipinski definition) is 2. The Hall–Kier alpha value is -1.55. The Morgan fingerprint density at radius 1 is 1.40 bits per heavy atom. The molecule has 0 saturated heterocycles. The molecule has 0 aliphatic carbocycles. The average molecular weight is 226 g/mol. The highest BCUT2D eigenvalue weighted by Gasteiger charge is 2.09. The Morgan fingerprint density at radius 2 is 2.13 bits per heavy atom. The fraction of sp³-hybridized carbons (Fsp3) is 0.100. The number of rotatable bonds is 1. The van der Waals surface area contributed by atoms with Gasteiger partial charge < -0.3 is 5.73 Å². The van der Waals surface area contributed by atoms with Gasteiger partial charge in [-0.05, 0) is 24.6 Å². The molecule has 1 heterocycles. The number of nitrogens with zero attached hydrogens (tertiary/aromatic N) is 1. The van der Waals surface area contributed by atoms with E-state index in [9.17, 15) is 4.39 Å². The molecule has 1 aromatic heterocycles. The van der Waals surface area contributed by atoms with Crippen LogP contribution in [0.3, 0.4) is 0 Å². The normalized spacial score (nSPS) is 10.6. The van der Waals surface area contributed by atoms with Crippen LogP contribution in [0.4, 0.5) is 10.2 Å². The van der Waals surface area contributed by atoms with Crippen molar-refractivity contribution in [3.8, 4) is 11.3 Å². The second-order valence-corrected chi connectivity index (χ2v) is 3.67. The van der Waals surface area contributed by atoms with Crippen molar-refractivity contribution in [2.45, 2.75) is 6.92 Å². The first-order chi connectivity index (χ1) is 7.08. The Morgan fingerprint density at radius 3 is 2.73 bits per heavy atom. The van der Waals surface area contributed by atoms with Gasteiger partial charge >= 0.3 is 0 Å². The predicted octanol–water partition coefficient (Wildman–Crippen LogP) is 2.76. The first-order valence-corrected chi connectivity index (χ1v) is 4.72. The van der Waals surface area contributed by atoms with Crippen molar-refractivity contribution in [2.75, 3.05) is 5.73 Å². The minimum atomic E-state index is -0.381. The zero-order chi connectivity index (χ0) is 11.0. The summed E-state index contributed by atoms with van der Waals surface area (Å²) in [5.74, 6) is -0.0152. The lowest BCUT2D eigenvalue weighted by atomic mass is 10.1. The Kier molecular flexibility index (Phi) is 2.36. The zero-order valence-electron chi connectivity index (χ0n) is 8.01. The number of H-pyrrole nitrogens is 1. The monoisotopic (exact) mass is 225 g/mol. The number of aromatic nitrogens is 2. The summed E-state index contributed by atoms with van der Waals surface area (Å²) in [6, 6.07) is 4.31. The SMILES string of the molecule is Cc1c(Cl)cc(F)cc1-c1cc(N)n[nH]1. The molecule has 2 rings (SSSR count). The van der Waals surface area contributed by atoms with E-state index in [0.717, 1.165) is 5.56 Å². The van der Waals surface area contributed by atoms with E-state index in [2.05, 4.69) is 10.2 Å². The van der Waals surface area contributed by atoms with E-state index in [-0.39, 0.29) is 5.82 Å². The molecule has 0 atom stereocenters. The van der Waals surface area contributed by atoms with Gasteiger partial charge in [0.15, 0.2) is 0 Å². The fourth-order valence-electron chi connectivity index (χ4n) is 1.40. The van der Waals surface area contributed by atoms with E-state index in [1.807, 2.05) is 6.92 Å². The van der Waals surface area contributed by atoms with Crippen LogP contribution in [-0.2, 0) is 0 Å². The molecule has 78 valence electrons. The van der Waals surface area contributed by atoms with Crippen LogP contribution in [0.2, 0.25) is 5.02 Å². The van der Waals surface area contributed by atoms with Gasteiger partial charge in [0.25, 0.3) is 0 Å². The molecule has 0 fully saturated rings. The molecular formula is C10H9ClFN3. The van der Waals surface area contributed by atoms with Crippen molar-refractivity contribution in [1.82, 2.24) is 10.2 Å². The number of halogens is 2. The van der Waals surface area contributed by atoms with Crippen LogP contribution >= 0.6 is 11.6 Å². The van der Waals surface area contributed by atoms with Crippen LogP contribution in [0.5, 0.6) is 0 Å². The number of nitrogens with two attached hydrogens (primary N) is 1. The molecule has 0 spiro atoms. The van der Waals surface area contributed by atoms with Gasteiger partial charge in [0, 0.05) is 16.7 Å². The highest BCUT2D eigenvalue weighted by molar-refractivity contribution is 6.31. The van der Waals surface area contributed by atoms with Crippen molar-refractivity contribution >= 4 is 17.4 Å². The number of hydrogen-bond acceptors (Lipinski definition) is 2. The minimum Gasteiger partial charge on any atom is -0.382 e. The maximum absolute atomic E-state index is 13.2. The summed E-state index contributed by atoms with van der Waals surface area (Å²) < 4.78 is 13.2. The van der Waals surface area contributed by atoms with Gasteiger partial charge in [0.2, 0.25) is 0 Å². The van der Waals surface area contributed by atoms with E-state index in [0.29, 0.717) is 22.1 Å². The third-order valence-electron chi connectivity index (χ3n) is 2.20. The summed E-state index contributed by atoms with van der Waals surface area (Å²) in [6.07, 6.45) is 0. The van der Waals surface area contributed by atoms with E-state index < -0.39 is 0 Å². The Bertz CT molecular complexity index is 507. The van der Waals surface area contributed by atoms with Gasteiger partial charge in [-0.25, -0.2) is 4.39 Å². The third-order valence-corrected chi connectivity index (χ3v) is 2.59. The first-order valence-electron chi connectivity index (χ1n) is 4.35. The zero-order valence-corrected chi connectivity index (χ0v) is 8.77. The second kappa shape index (κ2) is 3.55. The maximum atomic E-state index is 13.2. The molecule has 1 aromatic carbocycles. The van der Waals surface area contributed by atoms with Crippen molar-refractivity contribution in [2.24, 2.45) is 0 Å². The van der Waals surface area contributed by atoms with Gasteiger partial charge in [-0.1, -0.05) is 11.6 Å². The lowest BCUT2D eigenvalue weighted by Gasteiger charge is -2.05.